The van der Waals surface area contributed by atoms with Crippen LogP contribution in [0.5, 0.6) is 11.5 Å². The normalized spacial score (nSPS) is 10.4. The van der Waals surface area contributed by atoms with Crippen molar-refractivity contribution < 1.29 is 14.3 Å². The highest BCUT2D eigenvalue weighted by atomic mass is 35.5. The Bertz CT molecular complexity index is 735. The van der Waals surface area contributed by atoms with Crippen molar-refractivity contribution in [2.24, 2.45) is 0 Å². The molecule has 134 valence electrons. The molecule has 0 aliphatic carbocycles. The molecule has 4 nitrogen and oxygen atoms in total. The summed E-state index contributed by atoms with van der Waals surface area (Å²) in [4.78, 5) is 12.5. The fraction of sp³-hybridized carbons (Fsp3) is 0.316. The molecule has 0 saturated heterocycles. The maximum Gasteiger partial charge on any atom is 0.255 e. The van der Waals surface area contributed by atoms with Crippen LogP contribution in [0, 0.1) is 0 Å². The van der Waals surface area contributed by atoms with Gasteiger partial charge in [0.2, 0.25) is 0 Å². The predicted molar refractivity (Wildman–Crippen MR) is 102 cm³/mol. The zero-order valence-electron chi connectivity index (χ0n) is 14.3. The Morgan fingerprint density at radius 2 is 1.88 bits per heavy atom. The Morgan fingerprint density at radius 3 is 2.60 bits per heavy atom. The van der Waals surface area contributed by atoms with E-state index in [-0.39, 0.29) is 5.91 Å². The van der Waals surface area contributed by atoms with Gasteiger partial charge in [-0.15, -0.1) is 0 Å². The summed E-state index contributed by atoms with van der Waals surface area (Å²) in [5.41, 5.74) is 0.905. The van der Waals surface area contributed by atoms with Crippen molar-refractivity contribution >= 4 is 34.8 Å². The molecular formula is C19H21Cl2NO3. The molecule has 2 aromatic rings. The van der Waals surface area contributed by atoms with E-state index in [4.69, 9.17) is 32.7 Å². The van der Waals surface area contributed by atoms with Gasteiger partial charge in [-0.05, 0) is 43.7 Å². The van der Waals surface area contributed by atoms with Crippen molar-refractivity contribution in [1.82, 2.24) is 0 Å². The number of anilines is 1. The molecular weight excluding hydrogens is 361 g/mol. The van der Waals surface area contributed by atoms with Crippen molar-refractivity contribution in [2.45, 2.75) is 26.7 Å². The summed E-state index contributed by atoms with van der Waals surface area (Å²) in [6.07, 6.45) is 2.01. The number of hydrogen-bond donors (Lipinski definition) is 1. The molecule has 1 amide bonds. The van der Waals surface area contributed by atoms with Crippen LogP contribution in [0.25, 0.3) is 0 Å². The number of nitrogens with one attached hydrogen (secondary N) is 1. The van der Waals surface area contributed by atoms with Crippen molar-refractivity contribution in [2.75, 3.05) is 18.5 Å². The van der Waals surface area contributed by atoms with Gasteiger partial charge in [-0.2, -0.15) is 0 Å². The van der Waals surface area contributed by atoms with Crippen LogP contribution in [0.2, 0.25) is 10.0 Å². The van der Waals surface area contributed by atoms with E-state index in [1.807, 2.05) is 6.92 Å². The lowest BCUT2D eigenvalue weighted by atomic mass is 10.1. The molecule has 0 bridgehead atoms. The van der Waals surface area contributed by atoms with Gasteiger partial charge in [0.05, 0.1) is 28.9 Å². The molecule has 0 radical (unpaired) electrons. The third-order valence-corrected chi connectivity index (χ3v) is 4.28. The predicted octanol–water partition coefficient (Wildman–Crippen LogP) is 5.82. The van der Waals surface area contributed by atoms with Gasteiger partial charge in [0.15, 0.2) is 11.5 Å². The van der Waals surface area contributed by atoms with Crippen molar-refractivity contribution in [3.8, 4) is 11.5 Å². The molecule has 0 heterocycles. The summed E-state index contributed by atoms with van der Waals surface area (Å²) in [6.45, 7) is 5.07. The quantitative estimate of drug-likeness (QED) is 0.585. The number of ether oxygens (including phenoxy) is 2. The second-order valence-corrected chi connectivity index (χ2v) is 6.14. The molecule has 0 atom stereocenters. The first-order chi connectivity index (χ1) is 12.1. The van der Waals surface area contributed by atoms with Crippen LogP contribution in [0.4, 0.5) is 5.69 Å². The molecule has 0 aromatic heterocycles. The van der Waals surface area contributed by atoms with Crippen molar-refractivity contribution in [1.29, 1.82) is 0 Å². The standard InChI is InChI=1S/C19H21Cl2NO3/c1-3-5-11-25-16-10-9-13(12-17(16)24-4-2)19(23)22-15-8-6-7-14(20)18(15)21/h6-10,12H,3-5,11H2,1-2H3,(H,22,23). The zero-order valence-corrected chi connectivity index (χ0v) is 15.8. The molecule has 0 fully saturated rings. The van der Waals surface area contributed by atoms with E-state index in [0.29, 0.717) is 46.0 Å². The first-order valence-corrected chi connectivity index (χ1v) is 8.97. The number of rotatable bonds is 8. The van der Waals surface area contributed by atoms with E-state index in [0.717, 1.165) is 12.8 Å². The lowest BCUT2D eigenvalue weighted by Gasteiger charge is -2.14. The number of benzene rings is 2. The average Bonchev–Trinajstić information content (AvgIpc) is 2.60. The lowest BCUT2D eigenvalue weighted by Crippen LogP contribution is -2.13. The van der Waals surface area contributed by atoms with Gasteiger partial charge < -0.3 is 14.8 Å². The first-order valence-electron chi connectivity index (χ1n) is 8.21. The summed E-state index contributed by atoms with van der Waals surface area (Å²) in [7, 11) is 0. The molecule has 6 heteroatoms. The molecule has 0 spiro atoms. The molecule has 1 N–H and O–H groups in total. The molecule has 2 aromatic carbocycles. The Hall–Kier alpha value is -1.91. The fourth-order valence-corrected chi connectivity index (χ4v) is 2.51. The van der Waals surface area contributed by atoms with E-state index in [9.17, 15) is 4.79 Å². The molecule has 0 saturated carbocycles. The number of unbranched alkanes of at least 4 members (excludes halogenated alkanes) is 1. The zero-order chi connectivity index (χ0) is 18.2. The Balaban J connectivity index is 2.18. The summed E-state index contributed by atoms with van der Waals surface area (Å²) >= 11 is 12.1. The Kier molecular flexibility index (Phi) is 7.41. The Labute approximate surface area is 158 Å². The van der Waals surface area contributed by atoms with Gasteiger partial charge in [-0.3, -0.25) is 4.79 Å². The second-order valence-electron chi connectivity index (χ2n) is 5.35. The SMILES string of the molecule is CCCCOc1ccc(C(=O)Nc2cccc(Cl)c2Cl)cc1OCC. The van der Waals surface area contributed by atoms with E-state index in [1.54, 1.807) is 36.4 Å². The topological polar surface area (TPSA) is 47.6 Å². The van der Waals surface area contributed by atoms with Gasteiger partial charge in [0.25, 0.3) is 5.91 Å². The monoisotopic (exact) mass is 381 g/mol. The smallest absolute Gasteiger partial charge is 0.255 e. The minimum atomic E-state index is -0.301. The number of halogens is 2. The lowest BCUT2D eigenvalue weighted by molar-refractivity contribution is 0.102. The molecule has 0 unspecified atom stereocenters. The summed E-state index contributed by atoms with van der Waals surface area (Å²) < 4.78 is 11.3. The van der Waals surface area contributed by atoms with Crippen LogP contribution in [-0.2, 0) is 0 Å². The minimum Gasteiger partial charge on any atom is -0.490 e. The fourth-order valence-electron chi connectivity index (χ4n) is 2.16. The van der Waals surface area contributed by atoms with Gasteiger partial charge in [-0.25, -0.2) is 0 Å². The van der Waals surface area contributed by atoms with Crippen LogP contribution in [-0.4, -0.2) is 19.1 Å². The summed E-state index contributed by atoms with van der Waals surface area (Å²) in [5, 5.41) is 3.45. The number of hydrogen-bond acceptors (Lipinski definition) is 3. The summed E-state index contributed by atoms with van der Waals surface area (Å²) in [5.74, 6) is 0.876. The molecule has 2 rings (SSSR count). The van der Waals surface area contributed by atoms with Crippen LogP contribution >= 0.6 is 23.2 Å². The van der Waals surface area contributed by atoms with E-state index in [2.05, 4.69) is 12.2 Å². The van der Waals surface area contributed by atoms with Crippen LogP contribution in [0.1, 0.15) is 37.0 Å². The second kappa shape index (κ2) is 9.54. The Morgan fingerprint density at radius 1 is 1.08 bits per heavy atom. The molecule has 25 heavy (non-hydrogen) atoms. The van der Waals surface area contributed by atoms with E-state index in [1.165, 1.54) is 0 Å². The maximum absolute atomic E-state index is 12.5. The van der Waals surface area contributed by atoms with E-state index >= 15 is 0 Å². The van der Waals surface area contributed by atoms with Crippen molar-refractivity contribution in [3.05, 3.63) is 52.0 Å². The van der Waals surface area contributed by atoms with Crippen LogP contribution < -0.4 is 14.8 Å². The number of carbonyl (C=O) groups is 1. The maximum atomic E-state index is 12.5. The van der Waals surface area contributed by atoms with E-state index < -0.39 is 0 Å². The number of amides is 1. The van der Waals surface area contributed by atoms with Crippen LogP contribution in [0.3, 0.4) is 0 Å². The van der Waals surface area contributed by atoms with Gasteiger partial charge in [0, 0.05) is 5.56 Å². The van der Waals surface area contributed by atoms with Crippen LogP contribution in [0.15, 0.2) is 36.4 Å². The third kappa shape index (κ3) is 5.28. The van der Waals surface area contributed by atoms with Gasteiger partial charge in [0.1, 0.15) is 0 Å². The van der Waals surface area contributed by atoms with Gasteiger partial charge in [-0.1, -0.05) is 42.6 Å². The largest absolute Gasteiger partial charge is 0.490 e. The molecule has 0 aliphatic rings. The average molecular weight is 382 g/mol. The van der Waals surface area contributed by atoms with Gasteiger partial charge >= 0.3 is 0 Å². The highest BCUT2D eigenvalue weighted by molar-refractivity contribution is 6.44. The highest BCUT2D eigenvalue weighted by Gasteiger charge is 2.14. The third-order valence-electron chi connectivity index (χ3n) is 3.46. The molecule has 0 aliphatic heterocycles. The summed E-state index contributed by atoms with van der Waals surface area (Å²) in [6, 6.07) is 10.2. The number of carbonyl (C=O) groups excluding carboxylic acids is 1. The minimum absolute atomic E-state index is 0.301. The van der Waals surface area contributed by atoms with Crippen molar-refractivity contribution in [3.63, 3.8) is 0 Å². The first kappa shape index (κ1) is 19.4. The highest BCUT2D eigenvalue weighted by Crippen LogP contribution is 2.31.